The van der Waals surface area contributed by atoms with E-state index in [1.165, 1.54) is 0 Å². The van der Waals surface area contributed by atoms with E-state index in [4.69, 9.17) is 5.84 Å². The van der Waals surface area contributed by atoms with Gasteiger partial charge in [-0.2, -0.15) is 0 Å². The summed E-state index contributed by atoms with van der Waals surface area (Å²) in [5.41, 5.74) is 2.12. The monoisotopic (exact) mass is 150 g/mol. The van der Waals surface area contributed by atoms with Gasteiger partial charge in [0.15, 0.2) is 0 Å². The first-order valence-corrected chi connectivity index (χ1v) is 3.48. The van der Waals surface area contributed by atoms with E-state index in [-0.39, 0.29) is 0 Å². The van der Waals surface area contributed by atoms with Gasteiger partial charge in [0, 0.05) is 0 Å². The van der Waals surface area contributed by atoms with Gasteiger partial charge in [-0.15, -0.1) is 0 Å². The molecule has 0 amide bonds. The van der Waals surface area contributed by atoms with Gasteiger partial charge in [-0.1, -0.05) is 12.8 Å². The highest BCUT2D eigenvalue weighted by Crippen LogP contribution is 2.34. The molecule has 0 spiro atoms. The zero-order valence-electron chi connectivity index (χ0n) is 5.69. The summed E-state index contributed by atoms with van der Waals surface area (Å²) in [5.74, 6) is 5.42. The first-order chi connectivity index (χ1) is 4.74. The van der Waals surface area contributed by atoms with Crippen LogP contribution in [0.4, 0.5) is 8.78 Å². The molecule has 0 saturated heterocycles. The van der Waals surface area contributed by atoms with Crippen LogP contribution in [0.1, 0.15) is 19.3 Å². The fraction of sp³-hybridized carbons (Fsp3) is 1.00. The molecule has 1 unspecified atom stereocenters. The van der Waals surface area contributed by atoms with Gasteiger partial charge in [0.25, 0.3) is 6.43 Å². The zero-order valence-corrected chi connectivity index (χ0v) is 5.69. The molecular weight excluding hydrogens is 138 g/mol. The zero-order chi connectivity index (χ0) is 7.56. The lowest BCUT2D eigenvalue weighted by molar-refractivity contribution is 0.0916. The number of halogens is 2. The van der Waals surface area contributed by atoms with Crippen molar-refractivity contribution in [1.29, 1.82) is 0 Å². The topological polar surface area (TPSA) is 38.0 Å². The highest BCUT2D eigenvalue weighted by atomic mass is 19.3. The predicted molar refractivity (Wildman–Crippen MR) is 34.5 cm³/mol. The van der Waals surface area contributed by atoms with Crippen LogP contribution in [0.3, 0.4) is 0 Å². The first-order valence-electron chi connectivity index (χ1n) is 3.48. The Balaban J connectivity index is 2.17. The van der Waals surface area contributed by atoms with E-state index in [0.717, 1.165) is 12.8 Å². The lowest BCUT2D eigenvalue weighted by atomic mass is 10.1. The van der Waals surface area contributed by atoms with E-state index in [1.807, 2.05) is 0 Å². The molecule has 3 N–H and O–H groups in total. The van der Waals surface area contributed by atoms with E-state index in [9.17, 15) is 8.78 Å². The average Bonchev–Trinajstić information content (AvgIpc) is 2.64. The lowest BCUT2D eigenvalue weighted by Crippen LogP contribution is -2.40. The molecule has 2 nitrogen and oxygen atoms in total. The number of rotatable bonds is 4. The third-order valence-corrected chi connectivity index (χ3v) is 1.80. The summed E-state index contributed by atoms with van der Waals surface area (Å²) in [6, 6.07) is -0.799. The summed E-state index contributed by atoms with van der Waals surface area (Å²) < 4.78 is 23.9. The van der Waals surface area contributed by atoms with Crippen LogP contribution < -0.4 is 11.3 Å². The van der Waals surface area contributed by atoms with Crippen molar-refractivity contribution in [3.8, 4) is 0 Å². The minimum absolute atomic E-state index is 0.495. The van der Waals surface area contributed by atoms with Crippen LogP contribution >= 0.6 is 0 Å². The van der Waals surface area contributed by atoms with Crippen molar-refractivity contribution in [3.63, 3.8) is 0 Å². The molecule has 0 aliphatic heterocycles. The van der Waals surface area contributed by atoms with Gasteiger partial charge >= 0.3 is 0 Å². The van der Waals surface area contributed by atoms with Crippen molar-refractivity contribution in [2.75, 3.05) is 0 Å². The number of hydrogen-bond donors (Lipinski definition) is 2. The Morgan fingerprint density at radius 2 is 2.10 bits per heavy atom. The maximum atomic E-state index is 11.9. The second kappa shape index (κ2) is 3.25. The number of hydrazine groups is 1. The molecular formula is C6H12F2N2. The van der Waals surface area contributed by atoms with Gasteiger partial charge in [0.05, 0.1) is 6.04 Å². The summed E-state index contributed by atoms with van der Waals surface area (Å²) in [6.07, 6.45) is 0.370. The predicted octanol–water partition coefficient (Wildman–Crippen LogP) is 0.883. The van der Waals surface area contributed by atoms with Crippen molar-refractivity contribution >= 4 is 0 Å². The van der Waals surface area contributed by atoms with E-state index in [0.29, 0.717) is 12.3 Å². The maximum absolute atomic E-state index is 11.9. The quantitative estimate of drug-likeness (QED) is 0.461. The Morgan fingerprint density at radius 3 is 2.40 bits per heavy atom. The third-order valence-electron chi connectivity index (χ3n) is 1.80. The molecule has 0 heterocycles. The minimum Gasteiger partial charge on any atom is -0.271 e. The minimum atomic E-state index is -2.33. The lowest BCUT2D eigenvalue weighted by Gasteiger charge is -2.13. The average molecular weight is 150 g/mol. The molecule has 1 fully saturated rings. The van der Waals surface area contributed by atoms with Crippen LogP contribution in [0, 0.1) is 5.92 Å². The number of hydrogen-bond acceptors (Lipinski definition) is 2. The fourth-order valence-corrected chi connectivity index (χ4v) is 0.956. The summed E-state index contributed by atoms with van der Waals surface area (Å²) in [4.78, 5) is 0. The molecule has 1 aliphatic rings. The van der Waals surface area contributed by atoms with Gasteiger partial charge in [-0.25, -0.2) is 8.78 Å². The molecule has 60 valence electrons. The highest BCUT2D eigenvalue weighted by molar-refractivity contribution is 4.80. The van der Waals surface area contributed by atoms with Gasteiger partial charge in [0.2, 0.25) is 0 Å². The third kappa shape index (κ3) is 2.19. The van der Waals surface area contributed by atoms with Gasteiger partial charge in [0.1, 0.15) is 0 Å². The van der Waals surface area contributed by atoms with E-state index in [1.54, 1.807) is 0 Å². The van der Waals surface area contributed by atoms with Crippen LogP contribution in [-0.4, -0.2) is 12.5 Å². The van der Waals surface area contributed by atoms with Crippen LogP contribution in [0.2, 0.25) is 0 Å². The standard InChI is InChI=1S/C6H12F2N2/c7-6(8)5(10-9)3-4-1-2-4/h4-6,10H,1-3,9H2. The van der Waals surface area contributed by atoms with Crippen LogP contribution in [0.5, 0.6) is 0 Å². The highest BCUT2D eigenvalue weighted by Gasteiger charge is 2.29. The summed E-state index contributed by atoms with van der Waals surface area (Å²) >= 11 is 0. The molecule has 4 heteroatoms. The number of nitrogens with one attached hydrogen (secondary N) is 1. The molecule has 0 aromatic rings. The maximum Gasteiger partial charge on any atom is 0.255 e. The molecule has 1 saturated carbocycles. The van der Waals surface area contributed by atoms with Crippen molar-refractivity contribution in [2.24, 2.45) is 11.8 Å². The summed E-state index contributed by atoms with van der Waals surface area (Å²) in [5, 5.41) is 0. The number of nitrogens with two attached hydrogens (primary N) is 1. The van der Waals surface area contributed by atoms with Crippen molar-refractivity contribution < 1.29 is 8.78 Å². The molecule has 10 heavy (non-hydrogen) atoms. The number of alkyl halides is 2. The van der Waals surface area contributed by atoms with E-state index < -0.39 is 12.5 Å². The van der Waals surface area contributed by atoms with Gasteiger partial charge in [-0.05, 0) is 12.3 Å². The summed E-state index contributed by atoms with van der Waals surface area (Å²) in [6.45, 7) is 0. The van der Waals surface area contributed by atoms with Crippen LogP contribution in [-0.2, 0) is 0 Å². The van der Waals surface area contributed by atoms with Gasteiger partial charge in [-0.3, -0.25) is 11.3 Å². The molecule has 0 aromatic heterocycles. The normalized spacial score (nSPS) is 21.6. The molecule has 1 aliphatic carbocycles. The van der Waals surface area contributed by atoms with E-state index >= 15 is 0 Å². The van der Waals surface area contributed by atoms with Crippen LogP contribution in [0.15, 0.2) is 0 Å². The Morgan fingerprint density at radius 1 is 1.50 bits per heavy atom. The molecule has 0 aromatic carbocycles. The SMILES string of the molecule is NNC(CC1CC1)C(F)F. The second-order valence-corrected chi connectivity index (χ2v) is 2.79. The second-order valence-electron chi connectivity index (χ2n) is 2.79. The first kappa shape index (κ1) is 7.88. The Hall–Kier alpha value is -0.220. The van der Waals surface area contributed by atoms with Crippen molar-refractivity contribution in [2.45, 2.75) is 31.7 Å². The van der Waals surface area contributed by atoms with E-state index in [2.05, 4.69) is 5.43 Å². The van der Waals surface area contributed by atoms with Crippen molar-refractivity contribution in [3.05, 3.63) is 0 Å². The van der Waals surface area contributed by atoms with Crippen molar-refractivity contribution in [1.82, 2.24) is 5.43 Å². The molecule has 0 bridgehead atoms. The smallest absolute Gasteiger partial charge is 0.255 e. The summed E-state index contributed by atoms with van der Waals surface area (Å²) in [7, 11) is 0. The Bertz CT molecular complexity index is 104. The largest absolute Gasteiger partial charge is 0.271 e. The molecule has 1 rings (SSSR count). The molecule has 1 atom stereocenters. The Kier molecular flexibility index (Phi) is 2.56. The van der Waals surface area contributed by atoms with Gasteiger partial charge < -0.3 is 0 Å². The molecule has 0 radical (unpaired) electrons. The Labute approximate surface area is 58.7 Å². The fourth-order valence-electron chi connectivity index (χ4n) is 0.956. The van der Waals surface area contributed by atoms with Crippen LogP contribution in [0.25, 0.3) is 0 Å².